The van der Waals surface area contributed by atoms with Crippen molar-refractivity contribution in [3.63, 3.8) is 0 Å². The quantitative estimate of drug-likeness (QED) is 0.0348. The summed E-state index contributed by atoms with van der Waals surface area (Å²) in [6, 6.07) is 23.5. The molecule has 0 N–H and O–H groups in total. The second-order valence-electron chi connectivity index (χ2n) is 20.7. The normalized spacial score (nSPS) is 25.7. The van der Waals surface area contributed by atoms with Gasteiger partial charge in [0.15, 0.2) is 0 Å². The SMILES string of the molecule is C=CC(=O)OCCCOC1CCC(C2CCC(C(=O)Oc3ccc(OC(=O)C4CCC(C5CCC(OCCCOC(=O)C=C)CC5)CC4)c4c3SC(=C3C(=S)N(c5ccccc5)N=C3c3ccccc3)S4)CC2)CC1. The number of fused-ring (bicyclic) bond motifs is 1. The van der Waals surface area contributed by atoms with Gasteiger partial charge in [-0.15, -0.1) is 0 Å². The Hall–Kier alpha value is -5.06. The number of hydrogen-bond donors (Lipinski definition) is 0. The van der Waals surface area contributed by atoms with E-state index >= 15 is 0 Å². The third-order valence-corrected chi connectivity index (χ3v) is 19.0. The molecule has 0 saturated heterocycles. The van der Waals surface area contributed by atoms with Crippen LogP contribution in [0.3, 0.4) is 0 Å². The fraction of sp³-hybridized carbons (Fsp3) is 0.500. The van der Waals surface area contributed by atoms with Crippen LogP contribution in [0, 0.1) is 35.5 Å². The standard InChI is InChI=1S/C60H70N2O10S3/c1-3-51(63)69-37-11-35-67-47-29-25-41(26-30-47)39-17-21-44(22-18-39)58(65)71-49-33-34-50(72-59(66)45-23-19-40(20-24-45)42-27-31-48(32-28-42)68-36-12-38-70-52(64)4-2)56-55(49)74-60(75-56)53-54(43-13-7-5-8-14-43)61-62(57(53)73)46-15-9-6-10-16-46/h3-10,13-16,33-34,39-42,44-45,47-48H,1-2,11-12,17-32,35-38H2. The number of rotatable bonds is 20. The minimum Gasteiger partial charge on any atom is -0.462 e. The summed E-state index contributed by atoms with van der Waals surface area (Å²) in [5, 5.41) is 6.92. The number of ether oxygens (including phenoxy) is 6. The van der Waals surface area contributed by atoms with Crippen LogP contribution in [0.2, 0.25) is 0 Å². The van der Waals surface area contributed by atoms with E-state index in [2.05, 4.69) is 13.2 Å². The van der Waals surface area contributed by atoms with E-state index in [1.807, 2.05) is 60.7 Å². The van der Waals surface area contributed by atoms with Crippen molar-refractivity contribution >= 4 is 76.0 Å². The first-order valence-electron chi connectivity index (χ1n) is 27.2. The van der Waals surface area contributed by atoms with Gasteiger partial charge in [0.2, 0.25) is 0 Å². The van der Waals surface area contributed by atoms with E-state index in [9.17, 15) is 19.2 Å². The maximum absolute atomic E-state index is 14.2. The van der Waals surface area contributed by atoms with Crippen LogP contribution in [-0.4, -0.2) is 73.2 Å². The van der Waals surface area contributed by atoms with E-state index in [4.69, 9.17) is 45.7 Å². The van der Waals surface area contributed by atoms with Gasteiger partial charge in [-0.05, 0) is 151 Å². The zero-order valence-electron chi connectivity index (χ0n) is 42.9. The smallest absolute Gasteiger partial charge is 0.330 e. The molecule has 0 aromatic heterocycles. The predicted molar refractivity (Wildman–Crippen MR) is 297 cm³/mol. The van der Waals surface area contributed by atoms with Gasteiger partial charge >= 0.3 is 23.9 Å². The number of hydrogen-bond acceptors (Lipinski definition) is 14. The van der Waals surface area contributed by atoms with Crippen molar-refractivity contribution in [3.05, 3.63) is 113 Å². The maximum atomic E-state index is 14.2. The second-order valence-corrected chi connectivity index (χ2v) is 23.4. The molecular weight excluding hydrogens is 1000 g/mol. The second kappa shape index (κ2) is 26.8. The lowest BCUT2D eigenvalue weighted by Gasteiger charge is -2.37. The highest BCUT2D eigenvalue weighted by Crippen LogP contribution is 2.60. The lowest BCUT2D eigenvalue weighted by Crippen LogP contribution is -2.31. The molecule has 0 spiro atoms. The van der Waals surface area contributed by atoms with Gasteiger partial charge in [-0.3, -0.25) is 9.59 Å². The van der Waals surface area contributed by atoms with Crippen molar-refractivity contribution in [3.8, 4) is 11.5 Å². The summed E-state index contributed by atoms with van der Waals surface area (Å²) >= 11 is 9.24. The summed E-state index contributed by atoms with van der Waals surface area (Å²) in [7, 11) is 0. The first-order valence-corrected chi connectivity index (χ1v) is 29.3. The minimum atomic E-state index is -0.405. The molecule has 15 heteroatoms. The van der Waals surface area contributed by atoms with Crippen LogP contribution in [0.15, 0.2) is 123 Å². The monoisotopic (exact) mass is 1070 g/mol. The molecule has 6 aliphatic rings. The molecule has 2 aliphatic heterocycles. The van der Waals surface area contributed by atoms with Crippen LogP contribution in [0.5, 0.6) is 11.5 Å². The Morgan fingerprint density at radius 3 is 1.40 bits per heavy atom. The number of carbonyl (C=O) groups excluding carboxylic acids is 4. The van der Waals surface area contributed by atoms with Crippen molar-refractivity contribution in [2.24, 2.45) is 40.6 Å². The number of thioether (sulfide) groups is 2. The number of esters is 4. The third-order valence-electron chi connectivity index (χ3n) is 16.0. The first kappa shape index (κ1) is 54.7. The van der Waals surface area contributed by atoms with E-state index in [0.717, 1.165) is 139 Å². The third kappa shape index (κ3) is 14.1. The van der Waals surface area contributed by atoms with Gasteiger partial charge < -0.3 is 28.4 Å². The lowest BCUT2D eigenvalue weighted by molar-refractivity contribution is -0.142. The number of nitrogens with zero attached hydrogens (tertiary/aromatic N) is 2. The minimum absolute atomic E-state index is 0.203. The molecule has 2 heterocycles. The number of anilines is 1. The lowest BCUT2D eigenvalue weighted by atomic mass is 9.70. The largest absolute Gasteiger partial charge is 0.462 e. The average molecular weight is 1080 g/mol. The van der Waals surface area contributed by atoms with Crippen LogP contribution in [0.25, 0.3) is 0 Å². The number of thiocarbonyl (C=S) groups is 1. The Morgan fingerprint density at radius 1 is 0.560 bits per heavy atom. The van der Waals surface area contributed by atoms with Crippen LogP contribution >= 0.6 is 35.7 Å². The average Bonchev–Trinajstić information content (AvgIpc) is 4.07. The zero-order valence-corrected chi connectivity index (χ0v) is 45.3. The molecule has 12 nitrogen and oxygen atoms in total. The van der Waals surface area contributed by atoms with E-state index in [1.165, 1.54) is 35.7 Å². The van der Waals surface area contributed by atoms with Crippen LogP contribution in [-0.2, 0) is 38.1 Å². The Labute approximate surface area is 455 Å². The van der Waals surface area contributed by atoms with Gasteiger partial charge in [0.05, 0.1) is 75.8 Å². The summed E-state index contributed by atoms with van der Waals surface area (Å²) in [6.45, 7) is 8.70. The van der Waals surface area contributed by atoms with Crippen molar-refractivity contribution in [2.75, 3.05) is 31.4 Å². The molecule has 9 rings (SSSR count). The van der Waals surface area contributed by atoms with Gasteiger partial charge in [0.25, 0.3) is 0 Å². The number of hydrazone groups is 1. The topological polar surface area (TPSA) is 139 Å². The fourth-order valence-electron chi connectivity index (χ4n) is 11.9. The Bertz CT molecular complexity index is 2460. The van der Waals surface area contributed by atoms with E-state index in [1.54, 1.807) is 17.1 Å². The summed E-state index contributed by atoms with van der Waals surface area (Å²) in [5.41, 5.74) is 3.32. The van der Waals surface area contributed by atoms with Crippen LogP contribution in [0.4, 0.5) is 5.69 Å². The molecule has 0 atom stereocenters. The van der Waals surface area contributed by atoms with Gasteiger partial charge in [0, 0.05) is 30.6 Å². The molecular formula is C60H70N2O10S3. The van der Waals surface area contributed by atoms with Gasteiger partial charge in [-0.25, -0.2) is 14.6 Å². The molecule has 3 aromatic rings. The summed E-state index contributed by atoms with van der Waals surface area (Å²) in [6.07, 6.45) is 19.9. The molecule has 4 fully saturated rings. The number of para-hydroxylation sites is 1. The van der Waals surface area contributed by atoms with Crippen LogP contribution in [0.1, 0.15) is 121 Å². The molecule has 0 amide bonds. The van der Waals surface area contributed by atoms with E-state index < -0.39 is 11.9 Å². The highest BCUT2D eigenvalue weighted by Gasteiger charge is 2.40. The van der Waals surface area contributed by atoms with Gasteiger partial charge in [0.1, 0.15) is 22.2 Å². The highest BCUT2D eigenvalue weighted by molar-refractivity contribution is 8.25. The summed E-state index contributed by atoms with van der Waals surface area (Å²) in [5.74, 6) is 1.66. The summed E-state index contributed by atoms with van der Waals surface area (Å²) in [4.78, 5) is 53.0. The van der Waals surface area contributed by atoms with Crippen molar-refractivity contribution < 1.29 is 47.6 Å². The number of carbonyl (C=O) groups is 4. The molecule has 4 aliphatic carbocycles. The van der Waals surface area contributed by atoms with E-state index in [0.29, 0.717) is 79.4 Å². The van der Waals surface area contributed by atoms with Gasteiger partial charge in [-0.2, -0.15) is 5.10 Å². The molecule has 398 valence electrons. The van der Waals surface area contributed by atoms with Crippen molar-refractivity contribution in [1.29, 1.82) is 0 Å². The van der Waals surface area contributed by atoms with Crippen molar-refractivity contribution in [2.45, 2.75) is 138 Å². The highest BCUT2D eigenvalue weighted by atomic mass is 32.2. The molecule has 0 bridgehead atoms. The fourth-order valence-corrected chi connectivity index (χ4v) is 15.0. The first-order chi connectivity index (χ1) is 36.6. The maximum Gasteiger partial charge on any atom is 0.330 e. The molecule has 3 aromatic carbocycles. The Balaban J connectivity index is 0.842. The molecule has 0 radical (unpaired) electrons. The molecule has 75 heavy (non-hydrogen) atoms. The van der Waals surface area contributed by atoms with E-state index in [-0.39, 0.29) is 36.0 Å². The Morgan fingerprint density at radius 2 is 0.973 bits per heavy atom. The predicted octanol–water partition coefficient (Wildman–Crippen LogP) is 13.2. The zero-order chi connectivity index (χ0) is 52.1. The summed E-state index contributed by atoms with van der Waals surface area (Å²) < 4.78 is 36.1. The van der Waals surface area contributed by atoms with Crippen LogP contribution < -0.4 is 14.5 Å². The van der Waals surface area contributed by atoms with Gasteiger partial charge in [-0.1, -0.05) is 97.4 Å². The van der Waals surface area contributed by atoms with Crippen molar-refractivity contribution in [1.82, 2.24) is 0 Å². The molecule has 0 unspecified atom stereocenters. The Kier molecular flexibility index (Phi) is 19.6. The number of benzene rings is 3. The molecule has 4 saturated carbocycles.